The topological polar surface area (TPSA) is 93.3 Å². The quantitative estimate of drug-likeness (QED) is 0.661. The Bertz CT molecular complexity index is 815. The van der Waals surface area contributed by atoms with Crippen LogP contribution in [0.25, 0.3) is 0 Å². The molecule has 0 radical (unpaired) electrons. The highest BCUT2D eigenvalue weighted by molar-refractivity contribution is 5.49. The first-order valence-corrected chi connectivity index (χ1v) is 7.72. The van der Waals surface area contributed by atoms with E-state index in [-0.39, 0.29) is 24.0 Å². The molecule has 6 nitrogen and oxygen atoms in total. The molecular weight excluding hydrogens is 368 g/mol. The minimum absolute atomic E-state index is 0.0115. The van der Waals surface area contributed by atoms with E-state index in [4.69, 9.17) is 10.5 Å². The van der Waals surface area contributed by atoms with Crippen molar-refractivity contribution >= 4 is 5.69 Å². The molecule has 0 atom stereocenters. The fourth-order valence-electron chi connectivity index (χ4n) is 1.90. The smallest absolute Gasteiger partial charge is 0.419 e. The Morgan fingerprint density at radius 1 is 1.26 bits per heavy atom. The Labute approximate surface area is 152 Å². The fraction of sp³-hybridized carbons (Fsp3) is 0.294. The van der Waals surface area contributed by atoms with E-state index in [1.54, 1.807) is 13.8 Å². The van der Waals surface area contributed by atoms with Gasteiger partial charge in [0.15, 0.2) is 0 Å². The number of benzene rings is 1. The maximum atomic E-state index is 13.2. The van der Waals surface area contributed by atoms with E-state index >= 15 is 0 Å². The summed E-state index contributed by atoms with van der Waals surface area (Å²) in [5.74, 6) is -1.36. The molecule has 1 aromatic carbocycles. The predicted molar refractivity (Wildman–Crippen MR) is 90.1 cm³/mol. The number of halogens is 4. The average Bonchev–Trinajstić information content (AvgIpc) is 2.57. The van der Waals surface area contributed by atoms with Crippen molar-refractivity contribution in [3.63, 3.8) is 0 Å². The van der Waals surface area contributed by atoms with Crippen LogP contribution in [0.3, 0.4) is 0 Å². The molecule has 0 bridgehead atoms. The van der Waals surface area contributed by atoms with Gasteiger partial charge in [-0.2, -0.15) is 13.2 Å². The molecule has 2 aromatic rings. The van der Waals surface area contributed by atoms with Gasteiger partial charge in [-0.1, -0.05) is 0 Å². The monoisotopic (exact) mass is 386 g/mol. The Morgan fingerprint density at radius 3 is 2.44 bits per heavy atom. The summed E-state index contributed by atoms with van der Waals surface area (Å²) in [4.78, 5) is 7.84. The maximum Gasteiger partial charge on any atom is 0.419 e. The minimum atomic E-state index is -4.80. The second kappa shape index (κ2) is 7.78. The van der Waals surface area contributed by atoms with E-state index in [2.05, 4.69) is 15.3 Å². The van der Waals surface area contributed by atoms with Gasteiger partial charge in [-0.15, -0.1) is 0 Å². The van der Waals surface area contributed by atoms with Gasteiger partial charge in [0.25, 0.3) is 0 Å². The van der Waals surface area contributed by atoms with E-state index in [0.717, 1.165) is 6.07 Å². The molecule has 0 aliphatic rings. The zero-order chi connectivity index (χ0) is 20.2. The number of nitrogens with two attached hydrogens (primary N) is 1. The van der Waals surface area contributed by atoms with Crippen LogP contribution in [-0.4, -0.2) is 21.7 Å². The first-order chi connectivity index (χ1) is 12.5. The van der Waals surface area contributed by atoms with Crippen LogP contribution in [0.4, 0.5) is 23.2 Å². The van der Waals surface area contributed by atoms with Crippen LogP contribution in [-0.2, 0) is 11.8 Å². The fourth-order valence-corrected chi connectivity index (χ4v) is 1.90. The molecule has 146 valence electrons. The van der Waals surface area contributed by atoms with Crippen LogP contribution in [0.1, 0.15) is 25.0 Å². The molecule has 10 heteroatoms. The lowest BCUT2D eigenvalue weighted by atomic mass is 10.0. The van der Waals surface area contributed by atoms with Crippen molar-refractivity contribution in [1.29, 1.82) is 0 Å². The summed E-state index contributed by atoms with van der Waals surface area (Å²) in [5, 5.41) is 12.4. The van der Waals surface area contributed by atoms with E-state index in [1.807, 2.05) is 0 Å². The van der Waals surface area contributed by atoms with Crippen LogP contribution in [0.15, 0.2) is 42.5 Å². The second-order valence-electron chi connectivity index (χ2n) is 6.16. The standard InChI is InChI=1S/C17H18F4N4O2/c1-16(2,26)10-6-24-15(25-7-10)27-9-11(22)8-23-12-3-4-14(18)13(5-12)17(19,20)21/h3-8,23,26H,9,22H2,1-2H3/b11-8-. The summed E-state index contributed by atoms with van der Waals surface area (Å²) >= 11 is 0. The van der Waals surface area contributed by atoms with Crippen LogP contribution >= 0.6 is 0 Å². The van der Waals surface area contributed by atoms with Gasteiger partial charge in [0.1, 0.15) is 12.4 Å². The van der Waals surface area contributed by atoms with Gasteiger partial charge in [0.05, 0.1) is 16.9 Å². The second-order valence-corrected chi connectivity index (χ2v) is 6.16. The third-order valence-corrected chi connectivity index (χ3v) is 3.40. The van der Waals surface area contributed by atoms with Crippen molar-refractivity contribution in [2.45, 2.75) is 25.6 Å². The number of hydrogen-bond acceptors (Lipinski definition) is 6. The molecule has 0 fully saturated rings. The van der Waals surface area contributed by atoms with Gasteiger partial charge < -0.3 is 20.9 Å². The number of aromatic nitrogens is 2. The molecule has 0 aliphatic carbocycles. The summed E-state index contributed by atoms with van der Waals surface area (Å²) in [6, 6.07) is 2.51. The molecule has 1 heterocycles. The molecule has 1 aromatic heterocycles. The van der Waals surface area contributed by atoms with Crippen LogP contribution in [0.5, 0.6) is 6.01 Å². The lowest BCUT2D eigenvalue weighted by Gasteiger charge is -2.16. The Hall–Kier alpha value is -2.88. The maximum absolute atomic E-state index is 13.2. The number of aliphatic hydroxyl groups is 1. The van der Waals surface area contributed by atoms with Gasteiger partial charge in [0, 0.05) is 29.8 Å². The number of alkyl halides is 3. The summed E-state index contributed by atoms with van der Waals surface area (Å²) < 4.78 is 56.5. The summed E-state index contributed by atoms with van der Waals surface area (Å²) in [6.07, 6.45) is -0.777. The first kappa shape index (κ1) is 20.4. The summed E-state index contributed by atoms with van der Waals surface area (Å²) in [5.41, 5.74) is 3.88. The number of hydrogen-bond donors (Lipinski definition) is 3. The predicted octanol–water partition coefficient (Wildman–Crippen LogP) is 3.15. The van der Waals surface area contributed by atoms with Crippen molar-refractivity contribution in [1.82, 2.24) is 9.97 Å². The lowest BCUT2D eigenvalue weighted by Crippen LogP contribution is -2.17. The Morgan fingerprint density at radius 2 is 1.89 bits per heavy atom. The van der Waals surface area contributed by atoms with E-state index in [0.29, 0.717) is 17.7 Å². The number of anilines is 1. The Kier molecular flexibility index (Phi) is 5.89. The molecule has 0 aliphatic heterocycles. The van der Waals surface area contributed by atoms with E-state index in [1.165, 1.54) is 18.6 Å². The number of nitrogens with one attached hydrogen (secondary N) is 1. The third-order valence-electron chi connectivity index (χ3n) is 3.40. The molecule has 0 amide bonds. The third kappa shape index (κ3) is 5.81. The highest BCUT2D eigenvalue weighted by Gasteiger charge is 2.34. The molecule has 0 saturated heterocycles. The van der Waals surface area contributed by atoms with Crippen molar-refractivity contribution in [3.05, 3.63) is 59.4 Å². The summed E-state index contributed by atoms with van der Waals surface area (Å²) in [6.45, 7) is 3.03. The molecule has 0 spiro atoms. The van der Waals surface area contributed by atoms with Gasteiger partial charge in [-0.3, -0.25) is 0 Å². The Balaban J connectivity index is 1.97. The van der Waals surface area contributed by atoms with E-state index < -0.39 is 23.2 Å². The van der Waals surface area contributed by atoms with Crippen molar-refractivity contribution < 1.29 is 27.4 Å². The molecule has 4 N–H and O–H groups in total. The van der Waals surface area contributed by atoms with E-state index in [9.17, 15) is 22.7 Å². The number of nitrogens with zero attached hydrogens (tertiary/aromatic N) is 2. The van der Waals surface area contributed by atoms with Gasteiger partial charge in [-0.25, -0.2) is 14.4 Å². The highest BCUT2D eigenvalue weighted by Crippen LogP contribution is 2.33. The minimum Gasteiger partial charge on any atom is -0.457 e. The SMILES string of the molecule is CC(C)(O)c1cnc(OC/C(N)=C/Nc2ccc(F)c(C(F)(F)F)c2)nc1. The number of rotatable bonds is 6. The lowest BCUT2D eigenvalue weighted by molar-refractivity contribution is -0.139. The van der Waals surface area contributed by atoms with Crippen LogP contribution < -0.4 is 15.8 Å². The van der Waals surface area contributed by atoms with Crippen molar-refractivity contribution in [2.24, 2.45) is 5.73 Å². The van der Waals surface area contributed by atoms with Gasteiger partial charge >= 0.3 is 12.2 Å². The zero-order valence-corrected chi connectivity index (χ0v) is 14.5. The van der Waals surface area contributed by atoms with Crippen LogP contribution in [0.2, 0.25) is 0 Å². The summed E-state index contributed by atoms with van der Waals surface area (Å²) in [7, 11) is 0. The largest absolute Gasteiger partial charge is 0.457 e. The van der Waals surface area contributed by atoms with Crippen molar-refractivity contribution in [3.8, 4) is 6.01 Å². The molecular formula is C17H18F4N4O2. The first-order valence-electron chi connectivity index (χ1n) is 7.72. The average molecular weight is 386 g/mol. The van der Waals surface area contributed by atoms with Crippen molar-refractivity contribution in [2.75, 3.05) is 11.9 Å². The molecule has 27 heavy (non-hydrogen) atoms. The molecule has 0 saturated carbocycles. The normalized spacial score (nSPS) is 12.8. The molecule has 0 unspecified atom stereocenters. The van der Waals surface area contributed by atoms with Gasteiger partial charge in [0.2, 0.25) is 0 Å². The van der Waals surface area contributed by atoms with Gasteiger partial charge in [-0.05, 0) is 32.0 Å². The number of ether oxygens (including phenoxy) is 1. The molecule has 2 rings (SSSR count). The highest BCUT2D eigenvalue weighted by atomic mass is 19.4. The zero-order valence-electron chi connectivity index (χ0n) is 14.5. The van der Waals surface area contributed by atoms with Crippen LogP contribution in [0, 0.1) is 5.82 Å².